The van der Waals surface area contributed by atoms with Gasteiger partial charge in [-0.25, -0.2) is 4.98 Å². The molecule has 37 heavy (non-hydrogen) atoms. The molecular weight excluding hydrogens is 527 g/mol. The maximum absolute atomic E-state index is 12.9. The van der Waals surface area contributed by atoms with E-state index >= 15 is 0 Å². The van der Waals surface area contributed by atoms with Gasteiger partial charge in [0.25, 0.3) is 5.91 Å². The molecule has 0 aliphatic heterocycles. The van der Waals surface area contributed by atoms with Gasteiger partial charge in [-0.15, -0.1) is 24.8 Å². The third-order valence-corrected chi connectivity index (χ3v) is 6.66. The third-order valence-electron chi connectivity index (χ3n) is 5.66. The lowest BCUT2D eigenvalue weighted by Crippen LogP contribution is -2.14. The van der Waals surface area contributed by atoms with Gasteiger partial charge in [-0.2, -0.15) is 0 Å². The first-order valence-corrected chi connectivity index (χ1v) is 12.1. The Morgan fingerprint density at radius 1 is 0.865 bits per heavy atom. The zero-order valence-corrected chi connectivity index (χ0v) is 22.5. The molecule has 9 heteroatoms. The van der Waals surface area contributed by atoms with Crippen molar-refractivity contribution in [2.45, 2.75) is 13.1 Å². The highest BCUT2D eigenvalue weighted by Gasteiger charge is 2.16. The van der Waals surface area contributed by atoms with Crippen LogP contribution in [0, 0.1) is 0 Å². The van der Waals surface area contributed by atoms with E-state index in [9.17, 15) is 4.79 Å². The van der Waals surface area contributed by atoms with E-state index in [1.54, 1.807) is 19.5 Å². The Morgan fingerprint density at radius 2 is 1.54 bits per heavy atom. The smallest absolute Gasteiger partial charge is 0.257 e. The summed E-state index contributed by atoms with van der Waals surface area (Å²) in [5, 5.41) is 6.89. The van der Waals surface area contributed by atoms with Crippen LogP contribution in [0.25, 0.3) is 21.3 Å². The van der Waals surface area contributed by atoms with Crippen molar-refractivity contribution in [3.05, 3.63) is 108 Å². The summed E-state index contributed by atoms with van der Waals surface area (Å²) >= 11 is 1.45. The summed E-state index contributed by atoms with van der Waals surface area (Å²) < 4.78 is 6.49. The van der Waals surface area contributed by atoms with Gasteiger partial charge in [0, 0.05) is 36.6 Å². The van der Waals surface area contributed by atoms with Gasteiger partial charge in [0.05, 0.1) is 11.8 Å². The Labute approximate surface area is 232 Å². The van der Waals surface area contributed by atoms with E-state index in [4.69, 9.17) is 4.74 Å². The second kappa shape index (κ2) is 13.2. The Balaban J connectivity index is 0.00000190. The minimum Gasteiger partial charge on any atom is -0.494 e. The Bertz CT molecular complexity index is 1450. The van der Waals surface area contributed by atoms with Gasteiger partial charge in [-0.05, 0) is 53.1 Å². The standard InChI is InChI=1S/C28H24N4O2S.2ClH/c1-34-24-12-11-23(21-5-3-2-4-6-21)26-25(24)31-28(35-26)32-27(33)22-9-7-19(8-10-22)17-30-18-20-13-15-29-16-14-20;;/h2-16,30H,17-18H2,1H3,(H,31,32,33);2*1H. The summed E-state index contributed by atoms with van der Waals surface area (Å²) in [5.41, 5.74) is 5.76. The molecule has 0 unspecified atom stereocenters. The molecule has 0 saturated heterocycles. The number of pyridine rings is 1. The fourth-order valence-electron chi connectivity index (χ4n) is 3.84. The summed E-state index contributed by atoms with van der Waals surface area (Å²) in [6.45, 7) is 1.47. The van der Waals surface area contributed by atoms with Crippen LogP contribution in [0.2, 0.25) is 0 Å². The normalized spacial score (nSPS) is 10.3. The molecule has 3 aromatic carbocycles. The van der Waals surface area contributed by atoms with Crippen molar-refractivity contribution in [3.63, 3.8) is 0 Å². The number of ether oxygens (including phenoxy) is 1. The molecule has 6 nitrogen and oxygen atoms in total. The number of thiazole rings is 1. The molecule has 5 aromatic rings. The van der Waals surface area contributed by atoms with Crippen molar-refractivity contribution in [2.24, 2.45) is 0 Å². The molecule has 0 radical (unpaired) electrons. The maximum atomic E-state index is 12.9. The molecule has 190 valence electrons. The Kier molecular flexibility index (Phi) is 10.00. The zero-order chi connectivity index (χ0) is 24.0. The topological polar surface area (TPSA) is 76.1 Å². The van der Waals surface area contributed by atoms with Crippen LogP contribution in [0.1, 0.15) is 21.5 Å². The fourth-order valence-corrected chi connectivity index (χ4v) is 4.85. The van der Waals surface area contributed by atoms with Crippen LogP contribution in [-0.2, 0) is 13.1 Å². The molecule has 2 heterocycles. The lowest BCUT2D eigenvalue weighted by atomic mass is 10.1. The van der Waals surface area contributed by atoms with E-state index in [0.717, 1.165) is 33.5 Å². The average Bonchev–Trinajstić information content (AvgIpc) is 3.33. The molecule has 5 rings (SSSR count). The summed E-state index contributed by atoms with van der Waals surface area (Å²) in [7, 11) is 1.63. The van der Waals surface area contributed by atoms with Crippen LogP contribution < -0.4 is 15.4 Å². The van der Waals surface area contributed by atoms with Crippen LogP contribution in [0.5, 0.6) is 5.75 Å². The summed E-state index contributed by atoms with van der Waals surface area (Å²) in [4.78, 5) is 21.6. The number of nitrogens with one attached hydrogen (secondary N) is 2. The van der Waals surface area contributed by atoms with E-state index in [-0.39, 0.29) is 30.7 Å². The number of anilines is 1. The van der Waals surface area contributed by atoms with Gasteiger partial charge in [0.15, 0.2) is 5.13 Å². The molecular formula is C28H26Cl2N4O2S. The minimum atomic E-state index is -0.194. The molecule has 0 atom stereocenters. The van der Waals surface area contributed by atoms with Crippen molar-refractivity contribution < 1.29 is 9.53 Å². The predicted octanol–water partition coefficient (Wildman–Crippen LogP) is 6.75. The molecule has 0 aliphatic rings. The van der Waals surface area contributed by atoms with E-state index in [1.165, 1.54) is 16.9 Å². The van der Waals surface area contributed by atoms with Crippen LogP contribution in [0.4, 0.5) is 5.13 Å². The maximum Gasteiger partial charge on any atom is 0.257 e. The number of hydrogen-bond donors (Lipinski definition) is 2. The molecule has 2 aromatic heterocycles. The second-order valence-corrected chi connectivity index (χ2v) is 8.99. The van der Waals surface area contributed by atoms with Crippen LogP contribution in [-0.4, -0.2) is 23.0 Å². The second-order valence-electron chi connectivity index (χ2n) is 7.99. The molecule has 1 amide bonds. The quantitative estimate of drug-likeness (QED) is 0.222. The number of nitrogens with zero attached hydrogens (tertiary/aromatic N) is 2. The van der Waals surface area contributed by atoms with Gasteiger partial charge in [-0.1, -0.05) is 53.8 Å². The largest absolute Gasteiger partial charge is 0.494 e. The SMILES string of the molecule is COc1ccc(-c2ccccc2)c2sc(NC(=O)c3ccc(CNCc4ccncc4)cc3)nc12.Cl.Cl. The van der Waals surface area contributed by atoms with Crippen molar-refractivity contribution in [1.29, 1.82) is 0 Å². The van der Waals surface area contributed by atoms with Crippen LogP contribution >= 0.6 is 36.2 Å². The van der Waals surface area contributed by atoms with Crippen molar-refractivity contribution in [2.75, 3.05) is 12.4 Å². The molecule has 0 saturated carbocycles. The predicted molar refractivity (Wildman–Crippen MR) is 155 cm³/mol. The number of carbonyl (C=O) groups is 1. The van der Waals surface area contributed by atoms with Gasteiger partial charge in [-0.3, -0.25) is 15.1 Å². The number of amides is 1. The highest BCUT2D eigenvalue weighted by Crippen LogP contribution is 2.39. The van der Waals surface area contributed by atoms with Gasteiger partial charge >= 0.3 is 0 Å². The summed E-state index contributed by atoms with van der Waals surface area (Å²) in [5.74, 6) is 0.487. The van der Waals surface area contributed by atoms with Crippen molar-refractivity contribution >= 4 is 57.4 Å². The van der Waals surface area contributed by atoms with Crippen molar-refractivity contribution in [1.82, 2.24) is 15.3 Å². The van der Waals surface area contributed by atoms with Gasteiger partial charge in [0.1, 0.15) is 11.3 Å². The highest BCUT2D eigenvalue weighted by atomic mass is 35.5. The molecule has 2 N–H and O–H groups in total. The Hall–Kier alpha value is -3.49. The number of hydrogen-bond acceptors (Lipinski definition) is 6. The van der Waals surface area contributed by atoms with E-state index in [2.05, 4.69) is 32.7 Å². The minimum absolute atomic E-state index is 0. The highest BCUT2D eigenvalue weighted by molar-refractivity contribution is 7.23. The monoisotopic (exact) mass is 552 g/mol. The van der Waals surface area contributed by atoms with E-state index in [0.29, 0.717) is 23.0 Å². The number of aromatic nitrogens is 2. The Morgan fingerprint density at radius 3 is 2.22 bits per heavy atom. The average molecular weight is 554 g/mol. The lowest BCUT2D eigenvalue weighted by Gasteiger charge is -2.06. The molecule has 0 fully saturated rings. The number of methoxy groups -OCH3 is 1. The third kappa shape index (κ3) is 6.64. The number of fused-ring (bicyclic) bond motifs is 1. The first kappa shape index (κ1) is 28.1. The fraction of sp³-hybridized carbons (Fsp3) is 0.107. The van der Waals surface area contributed by atoms with E-state index in [1.807, 2.05) is 66.7 Å². The van der Waals surface area contributed by atoms with Crippen LogP contribution in [0.15, 0.2) is 91.3 Å². The summed E-state index contributed by atoms with van der Waals surface area (Å²) in [6.07, 6.45) is 3.57. The first-order chi connectivity index (χ1) is 17.2. The first-order valence-electron chi connectivity index (χ1n) is 11.2. The van der Waals surface area contributed by atoms with E-state index < -0.39 is 0 Å². The number of carbonyl (C=O) groups excluding carboxylic acids is 1. The molecule has 0 spiro atoms. The number of halogens is 2. The molecule has 0 bridgehead atoms. The number of benzene rings is 3. The van der Waals surface area contributed by atoms with Gasteiger partial charge < -0.3 is 10.1 Å². The zero-order valence-electron chi connectivity index (χ0n) is 20.0. The lowest BCUT2D eigenvalue weighted by molar-refractivity contribution is 0.102. The van der Waals surface area contributed by atoms with Crippen LogP contribution in [0.3, 0.4) is 0 Å². The number of rotatable bonds is 8. The summed E-state index contributed by atoms with van der Waals surface area (Å²) in [6, 6.07) is 25.6. The molecule has 0 aliphatic carbocycles. The van der Waals surface area contributed by atoms with Gasteiger partial charge in [0.2, 0.25) is 0 Å². The van der Waals surface area contributed by atoms with Crippen molar-refractivity contribution in [3.8, 4) is 16.9 Å².